The van der Waals surface area contributed by atoms with Crippen molar-refractivity contribution in [2.24, 2.45) is 0 Å². The summed E-state index contributed by atoms with van der Waals surface area (Å²) in [5, 5.41) is 9.32. The molecular weight excluding hydrogens is 1190 g/mol. The molecule has 5 heteroatoms. The van der Waals surface area contributed by atoms with Crippen molar-refractivity contribution in [2.75, 3.05) is 0 Å². The van der Waals surface area contributed by atoms with E-state index in [-0.39, 0.29) is 48.2 Å². The molecule has 0 aliphatic rings. The van der Waals surface area contributed by atoms with E-state index in [1.807, 2.05) is 36.5 Å². The summed E-state index contributed by atoms with van der Waals surface area (Å²) in [6.07, 6.45) is 1.87. The van der Waals surface area contributed by atoms with Gasteiger partial charge in [-0.05, 0) is 147 Å². The molecule has 0 unspecified atom stereocenters. The van der Waals surface area contributed by atoms with E-state index in [1.165, 1.54) is 82.7 Å². The number of aromatic nitrogens is 3. The van der Waals surface area contributed by atoms with Crippen LogP contribution in [0.5, 0.6) is 0 Å². The first kappa shape index (κ1) is 56.9. The average Bonchev–Trinajstić information content (AvgIpc) is 4.29. The summed E-state index contributed by atoms with van der Waals surface area (Å²) in [6, 6.07) is 75.1. The summed E-state index contributed by atoms with van der Waals surface area (Å²) >= 11 is 0. The van der Waals surface area contributed by atoms with Crippen LogP contribution in [0, 0.1) is 12.1 Å². The predicted octanol–water partition coefficient (Wildman–Crippen LogP) is 21.9. The van der Waals surface area contributed by atoms with Crippen molar-refractivity contribution in [3.05, 3.63) is 234 Å². The number of pyridine rings is 1. The quantitative estimate of drug-likeness (QED) is 0.118. The number of furan rings is 1. The van der Waals surface area contributed by atoms with Gasteiger partial charge >= 0.3 is 0 Å². The van der Waals surface area contributed by atoms with Crippen LogP contribution in [0.3, 0.4) is 0 Å². The van der Waals surface area contributed by atoms with Crippen molar-refractivity contribution in [1.29, 1.82) is 0 Å². The zero-order valence-corrected chi connectivity index (χ0v) is 52.6. The van der Waals surface area contributed by atoms with Gasteiger partial charge in [-0.25, -0.2) is 0 Å². The molecule has 10 aromatic carbocycles. The Bertz CT molecular complexity index is 4490. The summed E-state index contributed by atoms with van der Waals surface area (Å²) in [5.41, 5.74) is 19.5. The van der Waals surface area contributed by atoms with Crippen LogP contribution in [-0.2, 0) is 36.4 Å². The van der Waals surface area contributed by atoms with Crippen molar-refractivity contribution in [3.8, 4) is 50.6 Å². The van der Waals surface area contributed by atoms with Gasteiger partial charge in [0.1, 0.15) is 5.58 Å². The van der Waals surface area contributed by atoms with Crippen LogP contribution >= 0.6 is 0 Å². The zero-order valence-electron chi connectivity index (χ0n) is 50.2. The Kier molecular flexibility index (Phi) is 15.1. The second kappa shape index (κ2) is 22.0. The molecule has 0 bridgehead atoms. The van der Waals surface area contributed by atoms with E-state index in [1.54, 1.807) is 0 Å². The van der Waals surface area contributed by atoms with Crippen LogP contribution in [0.25, 0.3) is 116 Å². The van der Waals surface area contributed by atoms with Gasteiger partial charge in [0.15, 0.2) is 0 Å². The van der Waals surface area contributed by atoms with Crippen molar-refractivity contribution in [2.45, 2.75) is 118 Å². The number of hydrogen-bond donors (Lipinski definition) is 0. The van der Waals surface area contributed by atoms with Crippen LogP contribution in [0.2, 0.25) is 0 Å². The Balaban J connectivity index is 0.000000366. The molecule has 4 nitrogen and oxygen atoms in total. The monoisotopic (exact) mass is 1260 g/mol. The molecule has 13 rings (SSSR count). The fourth-order valence-corrected chi connectivity index (χ4v) is 11.7. The Morgan fingerprint density at radius 3 is 1.65 bits per heavy atom. The summed E-state index contributed by atoms with van der Waals surface area (Å²) in [4.78, 5) is 9.95. The third-order valence-corrected chi connectivity index (χ3v) is 16.5. The van der Waals surface area contributed by atoms with Crippen molar-refractivity contribution in [3.63, 3.8) is 0 Å². The van der Waals surface area contributed by atoms with Gasteiger partial charge in [0.05, 0.1) is 22.4 Å². The third-order valence-electron chi connectivity index (χ3n) is 16.5. The van der Waals surface area contributed by atoms with E-state index in [9.17, 15) is 0 Å². The Labute approximate surface area is 504 Å². The maximum Gasteiger partial charge on any atom is 0.121 e. The first-order valence-electron chi connectivity index (χ1n) is 29.2. The number of benzene rings is 10. The summed E-state index contributed by atoms with van der Waals surface area (Å²) < 4.78 is 9.46. The number of nitrogens with zero attached hydrogens (tertiary/aromatic N) is 3. The second-order valence-electron chi connectivity index (χ2n) is 26.1. The van der Waals surface area contributed by atoms with E-state index in [2.05, 4.69) is 269 Å². The van der Waals surface area contributed by atoms with Gasteiger partial charge in [0, 0.05) is 42.8 Å². The summed E-state index contributed by atoms with van der Waals surface area (Å²) in [5.74, 6) is 1.25. The van der Waals surface area contributed by atoms with Crippen molar-refractivity contribution < 1.29 is 24.5 Å². The minimum Gasteiger partial charge on any atom is -0.501 e. The van der Waals surface area contributed by atoms with E-state index in [0.29, 0.717) is 0 Å². The van der Waals surface area contributed by atoms with Gasteiger partial charge in [0.25, 0.3) is 0 Å². The van der Waals surface area contributed by atoms with Gasteiger partial charge in [0.2, 0.25) is 0 Å². The normalized spacial score (nSPS) is 12.3. The van der Waals surface area contributed by atoms with Crippen molar-refractivity contribution >= 4 is 65.3 Å². The second-order valence-corrected chi connectivity index (χ2v) is 26.1. The molecule has 0 spiro atoms. The van der Waals surface area contributed by atoms with Crippen LogP contribution < -0.4 is 0 Å². The maximum absolute atomic E-state index is 7.00. The van der Waals surface area contributed by atoms with E-state index in [4.69, 9.17) is 9.40 Å². The third kappa shape index (κ3) is 10.9. The minimum absolute atomic E-state index is 0. The van der Waals surface area contributed by atoms with Gasteiger partial charge in [-0.15, -0.1) is 54.1 Å². The molecule has 0 atom stereocenters. The summed E-state index contributed by atoms with van der Waals surface area (Å²) in [7, 11) is 0. The molecule has 0 amide bonds. The molecule has 3 heterocycles. The molecular formula is C78H73IrN3O-2. The fourth-order valence-electron chi connectivity index (χ4n) is 11.7. The molecule has 0 fully saturated rings. The molecule has 1 radical (unpaired) electrons. The number of fused-ring (bicyclic) bond motifs is 9. The minimum atomic E-state index is 0. The number of rotatable bonds is 7. The standard InChI is InChI=1S/C63H57N2O.C15H16N.Ir/c1-37(2)52-33-45(40-24-22-39(23-25-40)44-30-46(62(5,6)7)35-47(31-44)63(8,9)10)34-53(38(3)4)58(52)65-59-49-19-14-12-17-42(49)28-29-56(59)64-61(65)51-21-15-20-50-55-32-43-27-26-41-16-11-13-18-48(41)54(43)36-57(55)66-60(50)51;1-15(2,3)13-9-10-16-14(11-13)12-7-5-4-6-8-12;/h11-20,22-38H,1-10H3;4-7,9-11H,1-3H3;/q2*-1;. The SMILES string of the molecule is CC(C)(C)c1ccnc(-c2[c-]cccc2)c1.CC(C)c1cc(-c2ccc(-c3cc(C(C)(C)C)cc(C(C)(C)C)c3)cc2)cc(C(C)C)c1-n1c(-c2[c-]ccc3c2oc2cc4c(ccc5ccccc54)cc23)nc2ccc3ccccc3c21.[Ir]. The number of imidazole rings is 1. The average molecular weight is 1260 g/mol. The molecule has 0 aliphatic carbocycles. The van der Waals surface area contributed by atoms with Crippen molar-refractivity contribution in [1.82, 2.24) is 14.5 Å². The Morgan fingerprint density at radius 2 is 1.04 bits per heavy atom. The van der Waals surface area contributed by atoms with Crippen LogP contribution in [-0.4, -0.2) is 14.5 Å². The van der Waals surface area contributed by atoms with E-state index in [0.717, 1.165) is 61.0 Å². The predicted molar refractivity (Wildman–Crippen MR) is 349 cm³/mol. The summed E-state index contributed by atoms with van der Waals surface area (Å²) in [6.45, 7) is 29.8. The number of hydrogen-bond acceptors (Lipinski definition) is 3. The van der Waals surface area contributed by atoms with E-state index >= 15 is 0 Å². The molecule has 13 aromatic rings. The first-order chi connectivity index (χ1) is 39.2. The molecule has 0 N–H and O–H groups in total. The van der Waals surface area contributed by atoms with Gasteiger partial charge in [-0.3, -0.25) is 4.98 Å². The molecule has 0 aliphatic heterocycles. The first-order valence-corrected chi connectivity index (χ1v) is 29.2. The van der Waals surface area contributed by atoms with Gasteiger partial charge in [-0.2, -0.15) is 0 Å². The molecule has 3 aromatic heterocycles. The van der Waals surface area contributed by atoms with E-state index < -0.39 is 0 Å². The smallest absolute Gasteiger partial charge is 0.121 e. The Morgan fingerprint density at radius 1 is 0.458 bits per heavy atom. The topological polar surface area (TPSA) is 43.9 Å². The van der Waals surface area contributed by atoms with Crippen LogP contribution in [0.15, 0.2) is 199 Å². The zero-order chi connectivity index (χ0) is 57.4. The Hall–Kier alpha value is -7.95. The van der Waals surface area contributed by atoms with Gasteiger partial charge in [-0.1, -0.05) is 216 Å². The molecule has 0 saturated carbocycles. The maximum atomic E-state index is 7.00. The van der Waals surface area contributed by atoms with Crippen LogP contribution in [0.1, 0.15) is 130 Å². The van der Waals surface area contributed by atoms with Gasteiger partial charge < -0.3 is 14.0 Å². The molecule has 417 valence electrons. The van der Waals surface area contributed by atoms with Crippen LogP contribution in [0.4, 0.5) is 0 Å². The molecule has 83 heavy (non-hydrogen) atoms. The fraction of sp³-hybridized carbons (Fsp3) is 0.231. The molecule has 0 saturated heterocycles. The largest absolute Gasteiger partial charge is 0.501 e.